The number of fused-ring (bicyclic) bond motifs is 1. The Kier molecular flexibility index (Phi) is 7.33. The van der Waals surface area contributed by atoms with Crippen molar-refractivity contribution in [2.24, 2.45) is 5.92 Å². The van der Waals surface area contributed by atoms with Crippen LogP contribution in [0.5, 0.6) is 0 Å². The van der Waals surface area contributed by atoms with Gasteiger partial charge in [0.25, 0.3) is 5.91 Å². The summed E-state index contributed by atoms with van der Waals surface area (Å²) in [5.74, 6) is -0.458. The molecule has 7 nitrogen and oxygen atoms in total. The van der Waals surface area contributed by atoms with Crippen molar-refractivity contribution in [1.29, 1.82) is 0 Å². The molecule has 37 heavy (non-hydrogen) atoms. The van der Waals surface area contributed by atoms with Gasteiger partial charge in [-0.3, -0.25) is 25.0 Å². The Bertz CT molecular complexity index is 1020. The van der Waals surface area contributed by atoms with Crippen molar-refractivity contribution < 1.29 is 27.6 Å². The van der Waals surface area contributed by atoms with Crippen LogP contribution in [0, 0.1) is 5.92 Å². The number of alkyl halides is 3. The quantitative estimate of drug-likeness (QED) is 0.455. The summed E-state index contributed by atoms with van der Waals surface area (Å²) in [4.78, 5) is 40.3. The van der Waals surface area contributed by atoms with E-state index in [9.17, 15) is 27.6 Å². The van der Waals surface area contributed by atoms with E-state index in [2.05, 4.69) is 16.0 Å². The minimum atomic E-state index is -4.16. The third-order valence-electron chi connectivity index (χ3n) is 8.54. The molecule has 2 heterocycles. The molecule has 1 aromatic rings. The number of piperidine rings is 1. The Labute approximate surface area is 214 Å². The van der Waals surface area contributed by atoms with Crippen molar-refractivity contribution in [3.63, 3.8) is 0 Å². The second-order valence-corrected chi connectivity index (χ2v) is 11.1. The summed E-state index contributed by atoms with van der Waals surface area (Å²) >= 11 is 0. The lowest BCUT2D eigenvalue weighted by molar-refractivity contribution is -0.137. The Morgan fingerprint density at radius 1 is 0.946 bits per heavy atom. The summed E-state index contributed by atoms with van der Waals surface area (Å²) in [6, 6.07) is 7.13. The third-order valence-corrected chi connectivity index (χ3v) is 8.54. The summed E-state index contributed by atoms with van der Waals surface area (Å²) in [5, 5.41) is 9.26. The number of carbonyl (C=O) groups excluding carboxylic acids is 3. The molecule has 202 valence electrons. The number of rotatable bonds is 8. The highest BCUT2D eigenvalue weighted by Crippen LogP contribution is 2.48. The predicted molar refractivity (Wildman–Crippen MR) is 130 cm³/mol. The highest BCUT2D eigenvalue weighted by molar-refractivity contribution is 6.03. The zero-order chi connectivity index (χ0) is 26.2. The molecule has 0 radical (unpaired) electrons. The van der Waals surface area contributed by atoms with Crippen molar-refractivity contribution in [2.75, 3.05) is 6.54 Å². The van der Waals surface area contributed by atoms with Gasteiger partial charge in [-0.2, -0.15) is 13.2 Å². The fourth-order valence-corrected chi connectivity index (χ4v) is 6.61. The zero-order valence-electron chi connectivity index (χ0n) is 20.9. The van der Waals surface area contributed by atoms with Crippen LogP contribution in [-0.4, -0.2) is 53.5 Å². The number of imide groups is 1. The average molecular weight is 521 g/mol. The second kappa shape index (κ2) is 10.4. The van der Waals surface area contributed by atoms with Crippen LogP contribution < -0.4 is 16.0 Å². The molecule has 10 heteroatoms. The van der Waals surface area contributed by atoms with Crippen LogP contribution in [0.15, 0.2) is 24.3 Å². The molecule has 2 saturated carbocycles. The molecule has 1 aromatic carbocycles. The number of nitrogens with zero attached hydrogens (tertiary/aromatic N) is 1. The molecule has 1 unspecified atom stereocenters. The molecular formula is C27H35F3N4O3. The first-order chi connectivity index (χ1) is 17.6. The maximum atomic E-state index is 13.8. The fourth-order valence-electron chi connectivity index (χ4n) is 6.61. The van der Waals surface area contributed by atoms with Gasteiger partial charge in [0.2, 0.25) is 11.8 Å². The van der Waals surface area contributed by atoms with Crippen molar-refractivity contribution in [2.45, 2.75) is 101 Å². The van der Waals surface area contributed by atoms with E-state index >= 15 is 0 Å². The number of nitrogens with one attached hydrogen (secondary N) is 3. The fraction of sp³-hybridized carbons (Fsp3) is 0.667. The van der Waals surface area contributed by atoms with Gasteiger partial charge in [0, 0.05) is 42.6 Å². The molecule has 3 N–H and O–H groups in total. The first kappa shape index (κ1) is 26.2. The van der Waals surface area contributed by atoms with Crippen molar-refractivity contribution in [3.8, 4) is 0 Å². The molecular weight excluding hydrogens is 485 g/mol. The van der Waals surface area contributed by atoms with E-state index in [-0.39, 0.29) is 49.2 Å². The number of amides is 3. The largest absolute Gasteiger partial charge is 0.390 e. The van der Waals surface area contributed by atoms with Gasteiger partial charge in [-0.1, -0.05) is 37.5 Å². The number of carbonyl (C=O) groups is 3. The number of benzene rings is 1. The molecule has 1 atom stereocenters. The van der Waals surface area contributed by atoms with E-state index in [1.54, 1.807) is 4.90 Å². The lowest BCUT2D eigenvalue weighted by Gasteiger charge is -2.50. The summed E-state index contributed by atoms with van der Waals surface area (Å²) in [5.41, 5.74) is 0.689. The van der Waals surface area contributed by atoms with Gasteiger partial charge in [-0.05, 0) is 44.1 Å². The smallest absolute Gasteiger partial charge is 0.314 e. The Morgan fingerprint density at radius 2 is 1.59 bits per heavy atom. The molecule has 0 bridgehead atoms. The molecule has 2 aliphatic carbocycles. The van der Waals surface area contributed by atoms with Crippen LogP contribution in [0.1, 0.15) is 86.6 Å². The first-order valence-electron chi connectivity index (χ1n) is 13.5. The van der Waals surface area contributed by atoms with Crippen LogP contribution in [0.4, 0.5) is 13.2 Å². The molecule has 2 aliphatic heterocycles. The van der Waals surface area contributed by atoms with E-state index in [0.717, 1.165) is 50.5 Å². The van der Waals surface area contributed by atoms with Crippen LogP contribution in [0.3, 0.4) is 0 Å². The number of hydrogen-bond acceptors (Lipinski definition) is 5. The highest BCUT2D eigenvalue weighted by Gasteiger charge is 2.55. The van der Waals surface area contributed by atoms with Crippen LogP contribution in [0.25, 0.3) is 0 Å². The van der Waals surface area contributed by atoms with Crippen molar-refractivity contribution >= 4 is 17.7 Å². The van der Waals surface area contributed by atoms with Crippen molar-refractivity contribution in [1.82, 2.24) is 20.9 Å². The molecule has 0 aromatic heterocycles. The van der Waals surface area contributed by atoms with E-state index in [4.69, 9.17) is 0 Å². The second-order valence-electron chi connectivity index (χ2n) is 11.1. The maximum Gasteiger partial charge on any atom is 0.390 e. The van der Waals surface area contributed by atoms with E-state index < -0.39 is 24.3 Å². The lowest BCUT2D eigenvalue weighted by atomic mass is 9.75. The molecule has 3 fully saturated rings. The predicted octanol–water partition coefficient (Wildman–Crippen LogP) is 3.73. The average Bonchev–Trinajstić information content (AvgIpc) is 3.04. The Morgan fingerprint density at radius 3 is 2.22 bits per heavy atom. The Balaban J connectivity index is 1.39. The van der Waals surface area contributed by atoms with Crippen molar-refractivity contribution in [3.05, 3.63) is 35.4 Å². The summed E-state index contributed by atoms with van der Waals surface area (Å²) in [6.45, 7) is -0.0781. The molecule has 4 aliphatic rings. The maximum absolute atomic E-state index is 13.8. The zero-order valence-corrected chi connectivity index (χ0v) is 20.9. The van der Waals surface area contributed by atoms with Gasteiger partial charge < -0.3 is 10.2 Å². The molecule has 3 amide bonds. The minimum Gasteiger partial charge on any atom is -0.314 e. The minimum absolute atomic E-state index is 0.0382. The Hall–Kier alpha value is -2.46. The van der Waals surface area contributed by atoms with Gasteiger partial charge in [-0.15, -0.1) is 0 Å². The van der Waals surface area contributed by atoms with E-state index in [1.165, 1.54) is 0 Å². The summed E-state index contributed by atoms with van der Waals surface area (Å²) in [6.07, 6.45) is 2.20. The van der Waals surface area contributed by atoms with Crippen LogP contribution >= 0.6 is 0 Å². The SMILES string of the molecule is O=C1CC(N2C(=O)c3ccccc3C2(CC2CCC2)NC2CCC(NCCC(F)(F)F)CC2)CC(=O)N1. The van der Waals surface area contributed by atoms with Crippen LogP contribution in [-0.2, 0) is 15.3 Å². The first-order valence-corrected chi connectivity index (χ1v) is 13.5. The molecule has 5 rings (SSSR count). The number of halogens is 3. The normalized spacial score (nSPS) is 29.3. The third kappa shape index (κ3) is 5.55. The monoisotopic (exact) mass is 520 g/mol. The molecule has 1 saturated heterocycles. The van der Waals surface area contributed by atoms with E-state index in [0.29, 0.717) is 17.9 Å². The van der Waals surface area contributed by atoms with Gasteiger partial charge in [0.15, 0.2) is 0 Å². The van der Waals surface area contributed by atoms with E-state index in [1.807, 2.05) is 24.3 Å². The van der Waals surface area contributed by atoms with Gasteiger partial charge in [0.1, 0.15) is 5.66 Å². The van der Waals surface area contributed by atoms with Gasteiger partial charge in [-0.25, -0.2) is 0 Å². The summed E-state index contributed by atoms with van der Waals surface area (Å²) < 4.78 is 37.6. The van der Waals surface area contributed by atoms with Crippen LogP contribution in [0.2, 0.25) is 0 Å². The van der Waals surface area contributed by atoms with Gasteiger partial charge >= 0.3 is 6.18 Å². The van der Waals surface area contributed by atoms with Gasteiger partial charge in [0.05, 0.1) is 12.5 Å². The molecule has 0 spiro atoms. The standard InChI is InChI=1S/C27H35F3N4O3/c28-27(29,30)12-13-31-18-8-10-19(11-9-18)33-26(16-17-4-3-5-17)22-7-2-1-6-21(22)25(37)34(26)20-14-23(35)32-24(36)15-20/h1-2,6-7,17-20,31,33H,3-5,8-16H2,(H,32,35,36). The number of hydrogen-bond donors (Lipinski definition) is 3. The summed E-state index contributed by atoms with van der Waals surface area (Å²) in [7, 11) is 0. The lowest BCUT2D eigenvalue weighted by Crippen LogP contribution is -2.63. The topological polar surface area (TPSA) is 90.5 Å². The highest BCUT2D eigenvalue weighted by atomic mass is 19.4.